The quantitative estimate of drug-likeness (QED) is 0.886. The Morgan fingerprint density at radius 1 is 1.05 bits per heavy atom. The van der Waals surface area contributed by atoms with Gasteiger partial charge < -0.3 is 10.2 Å². The van der Waals surface area contributed by atoms with Gasteiger partial charge in [0.2, 0.25) is 0 Å². The first kappa shape index (κ1) is 15.4. The molecule has 0 aromatic heterocycles. The van der Waals surface area contributed by atoms with Gasteiger partial charge >= 0.3 is 0 Å². The van der Waals surface area contributed by atoms with Crippen LogP contribution in [0.5, 0.6) is 0 Å². The molecule has 0 heterocycles. The Labute approximate surface area is 124 Å². The molecule has 0 aliphatic carbocycles. The van der Waals surface area contributed by atoms with Crippen molar-refractivity contribution in [1.82, 2.24) is 5.32 Å². The Hall–Kier alpha value is -1.94. The van der Waals surface area contributed by atoms with Crippen molar-refractivity contribution in [3.05, 3.63) is 59.7 Å². The fourth-order valence-corrected chi connectivity index (χ4v) is 2.14. The molecule has 2 aromatic carbocycles. The van der Waals surface area contributed by atoms with Crippen molar-refractivity contribution in [2.24, 2.45) is 0 Å². The van der Waals surface area contributed by atoms with Crippen molar-refractivity contribution in [3.63, 3.8) is 0 Å². The van der Waals surface area contributed by atoms with Crippen LogP contribution in [0, 0.1) is 11.6 Å². The van der Waals surface area contributed by atoms with E-state index < -0.39 is 11.6 Å². The smallest absolute Gasteiger partial charge is 0.150 e. The largest absolute Gasteiger partial charge is 0.340 e. The molecule has 0 bridgehead atoms. The summed E-state index contributed by atoms with van der Waals surface area (Å²) in [5.74, 6) is -1.11. The molecule has 4 heteroatoms. The van der Waals surface area contributed by atoms with Crippen LogP contribution in [0.15, 0.2) is 42.5 Å². The van der Waals surface area contributed by atoms with Gasteiger partial charge in [-0.3, -0.25) is 0 Å². The van der Waals surface area contributed by atoms with E-state index in [1.165, 1.54) is 17.0 Å². The van der Waals surface area contributed by atoms with Gasteiger partial charge in [0.25, 0.3) is 0 Å². The lowest BCUT2D eigenvalue weighted by Gasteiger charge is -2.21. The fraction of sp³-hybridized carbons (Fsp3) is 0.294. The molecule has 1 N–H and O–H groups in total. The molecule has 112 valence electrons. The zero-order valence-corrected chi connectivity index (χ0v) is 12.5. The Bertz CT molecular complexity index is 574. The highest BCUT2D eigenvalue weighted by Crippen LogP contribution is 2.29. The van der Waals surface area contributed by atoms with E-state index in [-0.39, 0.29) is 11.7 Å². The predicted molar refractivity (Wildman–Crippen MR) is 82.8 cm³/mol. The fourth-order valence-electron chi connectivity index (χ4n) is 2.14. The molecule has 21 heavy (non-hydrogen) atoms. The second-order valence-electron chi connectivity index (χ2n) is 5.34. The van der Waals surface area contributed by atoms with E-state index in [1.54, 1.807) is 7.05 Å². The molecule has 0 aliphatic heterocycles. The molecule has 0 radical (unpaired) electrons. The van der Waals surface area contributed by atoms with Crippen LogP contribution < -0.4 is 10.2 Å². The van der Waals surface area contributed by atoms with E-state index in [0.717, 1.165) is 5.69 Å². The molecular weight excluding hydrogens is 270 g/mol. The van der Waals surface area contributed by atoms with Crippen molar-refractivity contribution in [2.45, 2.75) is 26.4 Å². The second-order valence-corrected chi connectivity index (χ2v) is 5.34. The number of para-hydroxylation sites is 1. The number of nitrogens with one attached hydrogen (secondary N) is 1. The predicted octanol–water partition coefficient (Wildman–Crippen LogP) is 4.23. The maximum absolute atomic E-state index is 14.3. The minimum Gasteiger partial charge on any atom is -0.340 e. The van der Waals surface area contributed by atoms with Crippen molar-refractivity contribution in [1.29, 1.82) is 0 Å². The number of rotatable bonds is 5. The van der Waals surface area contributed by atoms with Gasteiger partial charge in [-0.05, 0) is 29.8 Å². The monoisotopic (exact) mass is 290 g/mol. The topological polar surface area (TPSA) is 15.3 Å². The summed E-state index contributed by atoms with van der Waals surface area (Å²) in [6.45, 7) is 4.43. The van der Waals surface area contributed by atoms with Gasteiger partial charge in [0.1, 0.15) is 17.3 Å². The van der Waals surface area contributed by atoms with Crippen LogP contribution in [0.1, 0.15) is 19.4 Å². The lowest BCUT2D eigenvalue weighted by molar-refractivity contribution is 0.561. The third-order valence-electron chi connectivity index (χ3n) is 3.27. The van der Waals surface area contributed by atoms with Crippen LogP contribution in [-0.4, -0.2) is 13.1 Å². The van der Waals surface area contributed by atoms with Gasteiger partial charge in [0.15, 0.2) is 0 Å². The van der Waals surface area contributed by atoms with Crippen LogP contribution >= 0.6 is 0 Å². The van der Waals surface area contributed by atoms with Crippen molar-refractivity contribution < 1.29 is 8.78 Å². The van der Waals surface area contributed by atoms with E-state index >= 15 is 0 Å². The van der Waals surface area contributed by atoms with Crippen LogP contribution in [-0.2, 0) is 6.54 Å². The van der Waals surface area contributed by atoms with E-state index in [2.05, 4.69) is 5.32 Å². The first-order valence-corrected chi connectivity index (χ1v) is 6.99. The zero-order valence-electron chi connectivity index (χ0n) is 12.5. The lowest BCUT2D eigenvalue weighted by Crippen LogP contribution is -2.22. The Morgan fingerprint density at radius 3 is 2.14 bits per heavy atom. The van der Waals surface area contributed by atoms with Gasteiger partial charge in [0, 0.05) is 25.3 Å². The summed E-state index contributed by atoms with van der Waals surface area (Å²) < 4.78 is 28.5. The van der Waals surface area contributed by atoms with Crippen LogP contribution in [0.25, 0.3) is 0 Å². The van der Waals surface area contributed by atoms with Crippen molar-refractivity contribution in [2.75, 3.05) is 11.9 Å². The summed E-state index contributed by atoms with van der Waals surface area (Å²) in [7, 11) is 1.66. The maximum Gasteiger partial charge on any atom is 0.150 e. The standard InChI is InChI=1S/C17H20F2N2/c1-12(2)20-11-13-9-15(18)17(16(19)10-13)21(3)14-7-5-4-6-8-14/h4-10,12,20H,11H2,1-3H3. The van der Waals surface area contributed by atoms with Crippen molar-refractivity contribution in [3.8, 4) is 0 Å². The van der Waals surface area contributed by atoms with E-state index in [9.17, 15) is 8.78 Å². The molecule has 0 unspecified atom stereocenters. The molecule has 0 saturated carbocycles. The van der Waals surface area contributed by atoms with Gasteiger partial charge in [-0.1, -0.05) is 32.0 Å². The molecule has 0 amide bonds. The van der Waals surface area contributed by atoms with Gasteiger partial charge in [-0.15, -0.1) is 0 Å². The minimum atomic E-state index is -0.554. The van der Waals surface area contributed by atoms with Gasteiger partial charge in [-0.2, -0.15) is 0 Å². The third-order valence-corrected chi connectivity index (χ3v) is 3.27. The highest BCUT2D eigenvalue weighted by atomic mass is 19.1. The minimum absolute atomic E-state index is 0.0329. The highest BCUT2D eigenvalue weighted by molar-refractivity contribution is 5.63. The SMILES string of the molecule is CC(C)NCc1cc(F)c(N(C)c2ccccc2)c(F)c1. The number of hydrogen-bond acceptors (Lipinski definition) is 2. The summed E-state index contributed by atoms with van der Waals surface area (Å²) in [6.07, 6.45) is 0. The molecular formula is C17H20F2N2. The summed E-state index contributed by atoms with van der Waals surface area (Å²) in [4.78, 5) is 1.52. The Balaban J connectivity index is 2.29. The van der Waals surface area contributed by atoms with Gasteiger partial charge in [0.05, 0.1) is 0 Å². The molecule has 2 nitrogen and oxygen atoms in total. The molecule has 0 fully saturated rings. The van der Waals surface area contributed by atoms with Crippen molar-refractivity contribution >= 4 is 11.4 Å². The molecule has 2 aromatic rings. The first-order chi connectivity index (χ1) is 9.99. The zero-order chi connectivity index (χ0) is 15.4. The third kappa shape index (κ3) is 3.79. The van der Waals surface area contributed by atoms with E-state index in [0.29, 0.717) is 12.1 Å². The highest BCUT2D eigenvalue weighted by Gasteiger charge is 2.16. The first-order valence-electron chi connectivity index (χ1n) is 6.99. The van der Waals surface area contributed by atoms with Crippen LogP contribution in [0.4, 0.5) is 20.2 Å². The molecule has 2 rings (SSSR count). The number of benzene rings is 2. The summed E-state index contributed by atoms with van der Waals surface area (Å²) >= 11 is 0. The number of halogens is 2. The number of anilines is 2. The van der Waals surface area contributed by atoms with Crippen LogP contribution in [0.2, 0.25) is 0 Å². The lowest BCUT2D eigenvalue weighted by atomic mass is 10.1. The number of nitrogens with zero attached hydrogens (tertiary/aromatic N) is 1. The molecule has 0 aliphatic rings. The van der Waals surface area contributed by atoms with Gasteiger partial charge in [-0.25, -0.2) is 8.78 Å². The normalized spacial score (nSPS) is 11.0. The molecule has 0 spiro atoms. The summed E-state index contributed by atoms with van der Waals surface area (Å²) in [5.41, 5.74) is 1.31. The molecule has 0 saturated heterocycles. The van der Waals surface area contributed by atoms with Crippen LogP contribution in [0.3, 0.4) is 0 Å². The average Bonchev–Trinajstić information content (AvgIpc) is 2.45. The Kier molecular flexibility index (Phi) is 4.91. The van der Waals surface area contributed by atoms with E-state index in [4.69, 9.17) is 0 Å². The summed E-state index contributed by atoms with van der Waals surface area (Å²) in [5, 5.41) is 3.15. The molecule has 0 atom stereocenters. The maximum atomic E-state index is 14.3. The second kappa shape index (κ2) is 6.68. The summed E-state index contributed by atoms with van der Waals surface area (Å²) in [6, 6.07) is 12.2. The number of hydrogen-bond donors (Lipinski definition) is 1. The Morgan fingerprint density at radius 2 is 1.62 bits per heavy atom. The van der Waals surface area contributed by atoms with E-state index in [1.807, 2.05) is 44.2 Å². The average molecular weight is 290 g/mol.